The molecule has 1 aromatic carbocycles. The van der Waals surface area contributed by atoms with Crippen LogP contribution in [0.1, 0.15) is 27.8 Å². The van der Waals surface area contributed by atoms with Crippen molar-refractivity contribution in [3.8, 4) is 0 Å². The highest BCUT2D eigenvalue weighted by molar-refractivity contribution is 6.02. The van der Waals surface area contributed by atoms with Crippen molar-refractivity contribution in [2.24, 2.45) is 0 Å². The first kappa shape index (κ1) is 15.4. The second-order valence-corrected chi connectivity index (χ2v) is 5.49. The van der Waals surface area contributed by atoms with E-state index < -0.39 is 18.9 Å². The normalized spacial score (nSPS) is 17.9. The van der Waals surface area contributed by atoms with Crippen molar-refractivity contribution in [2.75, 3.05) is 12.4 Å². The van der Waals surface area contributed by atoms with E-state index in [1.807, 2.05) is 13.0 Å². The zero-order chi connectivity index (χ0) is 16.8. The van der Waals surface area contributed by atoms with Gasteiger partial charge >= 0.3 is 6.18 Å². The van der Waals surface area contributed by atoms with Gasteiger partial charge in [-0.1, -0.05) is 12.1 Å². The lowest BCUT2D eigenvalue weighted by Crippen LogP contribution is -2.42. The molecule has 0 aliphatic carbocycles. The number of hydrogen-bond acceptors (Lipinski definition) is 3. The second-order valence-electron chi connectivity index (χ2n) is 5.49. The lowest BCUT2D eigenvalue weighted by molar-refractivity contribution is -0.143. The Labute approximate surface area is 130 Å². The summed E-state index contributed by atoms with van der Waals surface area (Å²) in [4.78, 5) is 14.0. The SMILES string of the molecule is Cc1cccc2c1C(=O)N(C)C(c1ccnn1CC(F)(F)F)N2. The summed E-state index contributed by atoms with van der Waals surface area (Å²) in [5.41, 5.74) is 2.24. The number of aryl methyl sites for hydroxylation is 1. The van der Waals surface area contributed by atoms with Crippen LogP contribution < -0.4 is 5.32 Å². The highest BCUT2D eigenvalue weighted by Gasteiger charge is 2.35. The summed E-state index contributed by atoms with van der Waals surface area (Å²) >= 11 is 0. The second kappa shape index (κ2) is 5.29. The van der Waals surface area contributed by atoms with Crippen LogP contribution in [0.2, 0.25) is 0 Å². The van der Waals surface area contributed by atoms with E-state index >= 15 is 0 Å². The number of fused-ring (bicyclic) bond motifs is 1. The van der Waals surface area contributed by atoms with Crippen molar-refractivity contribution in [1.82, 2.24) is 14.7 Å². The van der Waals surface area contributed by atoms with Crippen molar-refractivity contribution >= 4 is 11.6 Å². The van der Waals surface area contributed by atoms with Crippen molar-refractivity contribution < 1.29 is 18.0 Å². The fourth-order valence-corrected chi connectivity index (χ4v) is 2.76. The number of benzene rings is 1. The van der Waals surface area contributed by atoms with Gasteiger partial charge in [-0.15, -0.1) is 0 Å². The zero-order valence-corrected chi connectivity index (χ0v) is 12.6. The molecule has 122 valence electrons. The smallest absolute Gasteiger partial charge is 0.359 e. The largest absolute Gasteiger partial charge is 0.408 e. The van der Waals surface area contributed by atoms with Crippen molar-refractivity contribution in [3.63, 3.8) is 0 Å². The maximum absolute atomic E-state index is 12.7. The molecule has 8 heteroatoms. The Hall–Kier alpha value is -2.51. The molecule has 0 bridgehead atoms. The fraction of sp³-hybridized carbons (Fsp3) is 0.333. The van der Waals surface area contributed by atoms with Gasteiger partial charge in [0.15, 0.2) is 0 Å². The molecule has 2 heterocycles. The first-order chi connectivity index (χ1) is 10.8. The van der Waals surface area contributed by atoms with Crippen molar-refractivity contribution in [3.05, 3.63) is 47.3 Å². The molecule has 0 saturated carbocycles. The first-order valence-electron chi connectivity index (χ1n) is 7.00. The van der Waals surface area contributed by atoms with Crippen LogP contribution in [0, 0.1) is 6.92 Å². The minimum absolute atomic E-state index is 0.235. The third kappa shape index (κ3) is 2.76. The van der Waals surface area contributed by atoms with Crippen LogP contribution >= 0.6 is 0 Å². The molecule has 1 aliphatic rings. The summed E-state index contributed by atoms with van der Waals surface area (Å²) in [5, 5.41) is 6.85. The fourth-order valence-electron chi connectivity index (χ4n) is 2.76. The number of rotatable bonds is 2. The van der Waals surface area contributed by atoms with Gasteiger partial charge in [-0.25, -0.2) is 0 Å². The number of nitrogens with zero attached hydrogens (tertiary/aromatic N) is 3. The van der Waals surface area contributed by atoms with Gasteiger partial charge in [0.25, 0.3) is 5.91 Å². The number of alkyl halides is 3. The lowest BCUT2D eigenvalue weighted by atomic mass is 10.0. The molecule has 1 atom stereocenters. The highest BCUT2D eigenvalue weighted by atomic mass is 19.4. The maximum Gasteiger partial charge on any atom is 0.408 e. The monoisotopic (exact) mass is 324 g/mol. The van der Waals surface area contributed by atoms with Gasteiger partial charge < -0.3 is 10.2 Å². The number of carbonyl (C=O) groups excluding carboxylic acids is 1. The van der Waals surface area contributed by atoms with E-state index in [4.69, 9.17) is 0 Å². The molecule has 1 aliphatic heterocycles. The molecule has 5 nitrogen and oxygen atoms in total. The first-order valence-corrected chi connectivity index (χ1v) is 7.00. The molecular weight excluding hydrogens is 309 g/mol. The van der Waals surface area contributed by atoms with Crippen LogP contribution in [0.3, 0.4) is 0 Å². The molecule has 1 aromatic heterocycles. The van der Waals surface area contributed by atoms with E-state index in [1.54, 1.807) is 19.2 Å². The van der Waals surface area contributed by atoms with Crippen LogP contribution in [0.5, 0.6) is 0 Å². The van der Waals surface area contributed by atoms with Gasteiger partial charge in [0, 0.05) is 18.9 Å². The van der Waals surface area contributed by atoms with Crippen LogP contribution in [-0.2, 0) is 6.54 Å². The van der Waals surface area contributed by atoms with E-state index in [-0.39, 0.29) is 11.6 Å². The number of anilines is 1. The third-order valence-electron chi connectivity index (χ3n) is 3.85. The van der Waals surface area contributed by atoms with Crippen molar-refractivity contribution in [1.29, 1.82) is 0 Å². The van der Waals surface area contributed by atoms with E-state index in [0.29, 0.717) is 11.3 Å². The number of hydrogen-bond donors (Lipinski definition) is 1. The number of aromatic nitrogens is 2. The molecule has 3 rings (SSSR count). The summed E-state index contributed by atoms with van der Waals surface area (Å²) in [6.07, 6.45) is -3.79. The number of amides is 1. The van der Waals surface area contributed by atoms with E-state index in [2.05, 4.69) is 10.4 Å². The summed E-state index contributed by atoms with van der Waals surface area (Å²) in [5.74, 6) is -0.235. The molecule has 0 fully saturated rings. The standard InChI is InChI=1S/C15H15F3N4O/c1-9-4-3-5-10-12(9)14(23)21(2)13(20-10)11-6-7-19-22(11)8-15(16,17)18/h3-7,13,20H,8H2,1-2H3. The Morgan fingerprint density at radius 3 is 2.74 bits per heavy atom. The minimum Gasteiger partial charge on any atom is -0.359 e. The molecule has 1 amide bonds. The van der Waals surface area contributed by atoms with Crippen LogP contribution in [-0.4, -0.2) is 33.8 Å². The van der Waals surface area contributed by atoms with Gasteiger partial charge in [0.1, 0.15) is 12.7 Å². The molecule has 23 heavy (non-hydrogen) atoms. The zero-order valence-electron chi connectivity index (χ0n) is 12.6. The average Bonchev–Trinajstić information content (AvgIpc) is 2.88. The maximum atomic E-state index is 12.7. The Morgan fingerprint density at radius 2 is 2.04 bits per heavy atom. The summed E-state index contributed by atoms with van der Waals surface area (Å²) in [7, 11) is 1.56. The minimum atomic E-state index is -4.38. The number of halogens is 3. The predicted molar refractivity (Wildman–Crippen MR) is 77.9 cm³/mol. The van der Waals surface area contributed by atoms with Crippen LogP contribution in [0.4, 0.5) is 18.9 Å². The summed E-state index contributed by atoms with van der Waals surface area (Å²) in [6.45, 7) is 0.622. The molecule has 2 aromatic rings. The van der Waals surface area contributed by atoms with Gasteiger partial charge in [-0.05, 0) is 24.6 Å². The summed E-state index contributed by atoms with van der Waals surface area (Å²) < 4.78 is 38.9. The van der Waals surface area contributed by atoms with E-state index in [9.17, 15) is 18.0 Å². The molecule has 0 spiro atoms. The number of nitrogens with one attached hydrogen (secondary N) is 1. The molecular formula is C15H15F3N4O. The van der Waals surface area contributed by atoms with Gasteiger partial charge in [0.2, 0.25) is 0 Å². The van der Waals surface area contributed by atoms with Crippen molar-refractivity contribution in [2.45, 2.75) is 25.8 Å². The Bertz CT molecular complexity index is 753. The highest BCUT2D eigenvalue weighted by Crippen LogP contribution is 2.34. The molecule has 0 radical (unpaired) electrons. The van der Waals surface area contributed by atoms with Crippen LogP contribution in [0.25, 0.3) is 0 Å². The van der Waals surface area contributed by atoms with Gasteiger partial charge in [0.05, 0.1) is 11.3 Å². The average molecular weight is 324 g/mol. The van der Waals surface area contributed by atoms with E-state index in [1.165, 1.54) is 17.2 Å². The quantitative estimate of drug-likeness (QED) is 0.924. The van der Waals surface area contributed by atoms with Gasteiger partial charge in [-0.3, -0.25) is 9.48 Å². The Kier molecular flexibility index (Phi) is 3.54. The van der Waals surface area contributed by atoms with Crippen LogP contribution in [0.15, 0.2) is 30.5 Å². The number of carbonyl (C=O) groups is 1. The lowest BCUT2D eigenvalue weighted by Gasteiger charge is -2.36. The topological polar surface area (TPSA) is 50.2 Å². The Morgan fingerprint density at radius 1 is 1.30 bits per heavy atom. The molecule has 1 N–H and O–H groups in total. The molecule has 1 unspecified atom stereocenters. The van der Waals surface area contributed by atoms with E-state index in [0.717, 1.165) is 10.2 Å². The summed E-state index contributed by atoms with van der Waals surface area (Å²) in [6, 6.07) is 6.84. The van der Waals surface area contributed by atoms with Gasteiger partial charge in [-0.2, -0.15) is 18.3 Å². The predicted octanol–water partition coefficient (Wildman–Crippen LogP) is 2.95. The molecule has 0 saturated heterocycles. The Balaban J connectivity index is 2.00. The third-order valence-corrected chi connectivity index (χ3v) is 3.85.